The molecule has 0 fully saturated rings. The van der Waals surface area contributed by atoms with Crippen molar-refractivity contribution in [2.75, 3.05) is 0 Å². The van der Waals surface area contributed by atoms with Gasteiger partial charge in [-0.3, -0.25) is 0 Å². The van der Waals surface area contributed by atoms with Gasteiger partial charge in [-0.2, -0.15) is 0 Å². The zero-order valence-corrected chi connectivity index (χ0v) is 12.7. The molecule has 0 amide bonds. The summed E-state index contributed by atoms with van der Waals surface area (Å²) >= 11 is 3.45. The van der Waals surface area contributed by atoms with Crippen LogP contribution in [0.3, 0.4) is 0 Å². The first kappa shape index (κ1) is 14.1. The first-order valence-corrected chi connectivity index (χ1v) is 7.09. The topological polar surface area (TPSA) is 53.1 Å². The summed E-state index contributed by atoms with van der Waals surface area (Å²) in [6, 6.07) is 5.83. The molecule has 1 heterocycles. The van der Waals surface area contributed by atoms with Gasteiger partial charge in [-0.05, 0) is 26.0 Å². The Bertz CT molecular complexity index is 551. The van der Waals surface area contributed by atoms with Gasteiger partial charge in [-0.25, -0.2) is 4.98 Å². The highest BCUT2D eigenvalue weighted by Crippen LogP contribution is 2.28. The number of benzene rings is 1. The monoisotopic (exact) mass is 323 g/mol. The van der Waals surface area contributed by atoms with E-state index in [0.29, 0.717) is 6.61 Å². The molecule has 0 radical (unpaired) electrons. The molecule has 0 saturated carbocycles. The summed E-state index contributed by atoms with van der Waals surface area (Å²) in [6.45, 7) is 5.36. The summed E-state index contributed by atoms with van der Waals surface area (Å²) in [5.74, 6) is 1.72. The van der Waals surface area contributed by atoms with Crippen LogP contribution in [-0.4, -0.2) is 9.55 Å². The molecule has 102 valence electrons. The largest absolute Gasteiger partial charge is 0.485 e. The highest BCUT2D eigenvalue weighted by atomic mass is 79.9. The van der Waals surface area contributed by atoms with Crippen molar-refractivity contribution in [1.82, 2.24) is 9.55 Å². The van der Waals surface area contributed by atoms with Crippen LogP contribution in [0.4, 0.5) is 0 Å². The van der Waals surface area contributed by atoms with E-state index in [1.807, 2.05) is 31.3 Å². The Morgan fingerprint density at radius 2 is 2.26 bits per heavy atom. The van der Waals surface area contributed by atoms with Gasteiger partial charge < -0.3 is 15.0 Å². The summed E-state index contributed by atoms with van der Waals surface area (Å²) in [6.07, 6.45) is 3.74. The summed E-state index contributed by atoms with van der Waals surface area (Å²) in [5.41, 5.74) is 6.95. The van der Waals surface area contributed by atoms with Crippen molar-refractivity contribution in [2.45, 2.75) is 33.0 Å². The Labute approximate surface area is 121 Å². The molecule has 2 rings (SSSR count). The Hall–Kier alpha value is -1.33. The van der Waals surface area contributed by atoms with Crippen LogP contribution in [0.15, 0.2) is 35.1 Å². The van der Waals surface area contributed by atoms with Gasteiger partial charge in [0, 0.05) is 35.0 Å². The number of ether oxygens (including phenoxy) is 1. The number of hydrogen-bond donors (Lipinski definition) is 1. The SMILES string of the molecule is CCn1ccnc1COc1cc(Br)ccc1[C@@H](C)N. The molecule has 5 heteroatoms. The van der Waals surface area contributed by atoms with E-state index in [-0.39, 0.29) is 6.04 Å². The molecule has 1 aromatic heterocycles. The molecule has 1 aromatic carbocycles. The van der Waals surface area contributed by atoms with E-state index < -0.39 is 0 Å². The lowest BCUT2D eigenvalue weighted by molar-refractivity contribution is 0.285. The van der Waals surface area contributed by atoms with E-state index in [4.69, 9.17) is 10.5 Å². The van der Waals surface area contributed by atoms with E-state index in [9.17, 15) is 0 Å². The van der Waals surface area contributed by atoms with Gasteiger partial charge in [0.15, 0.2) is 0 Å². The predicted octanol–water partition coefficient (Wildman–Crippen LogP) is 3.26. The van der Waals surface area contributed by atoms with Crippen molar-refractivity contribution in [3.63, 3.8) is 0 Å². The smallest absolute Gasteiger partial charge is 0.146 e. The molecule has 2 N–H and O–H groups in total. The molecular formula is C14H18BrN3O. The van der Waals surface area contributed by atoms with Gasteiger partial charge in [-0.15, -0.1) is 0 Å². The lowest BCUT2D eigenvalue weighted by atomic mass is 10.1. The van der Waals surface area contributed by atoms with Crippen molar-refractivity contribution in [3.8, 4) is 5.75 Å². The standard InChI is InChI=1S/C14H18BrN3O/c1-3-18-7-6-17-14(18)9-19-13-8-11(15)4-5-12(13)10(2)16/h4-8,10H,3,9,16H2,1-2H3/t10-/m1/s1. The van der Waals surface area contributed by atoms with Crippen molar-refractivity contribution < 1.29 is 4.74 Å². The minimum atomic E-state index is -0.0611. The van der Waals surface area contributed by atoms with Gasteiger partial charge in [0.25, 0.3) is 0 Å². The first-order chi connectivity index (χ1) is 9.11. The molecule has 4 nitrogen and oxygen atoms in total. The summed E-state index contributed by atoms with van der Waals surface area (Å²) in [5, 5.41) is 0. The fourth-order valence-electron chi connectivity index (χ4n) is 1.92. The maximum absolute atomic E-state index is 5.95. The van der Waals surface area contributed by atoms with Gasteiger partial charge in [0.1, 0.15) is 18.2 Å². The fourth-order valence-corrected chi connectivity index (χ4v) is 2.26. The molecule has 2 aromatic rings. The van der Waals surface area contributed by atoms with Gasteiger partial charge in [0.2, 0.25) is 0 Å². The third-order valence-corrected chi connectivity index (χ3v) is 3.46. The number of aryl methyl sites for hydroxylation is 1. The molecule has 0 bridgehead atoms. The molecule has 1 atom stereocenters. The maximum atomic E-state index is 5.95. The van der Waals surface area contributed by atoms with Crippen LogP contribution in [0.1, 0.15) is 31.3 Å². The Balaban J connectivity index is 2.17. The second-order valence-corrected chi connectivity index (χ2v) is 5.30. The van der Waals surface area contributed by atoms with Crippen molar-refractivity contribution in [2.24, 2.45) is 5.73 Å². The number of halogens is 1. The summed E-state index contributed by atoms with van der Waals surface area (Å²) < 4.78 is 8.91. The maximum Gasteiger partial charge on any atom is 0.146 e. The van der Waals surface area contributed by atoms with Crippen molar-refractivity contribution in [3.05, 3.63) is 46.5 Å². The van der Waals surface area contributed by atoms with E-state index in [1.54, 1.807) is 6.20 Å². The van der Waals surface area contributed by atoms with E-state index in [2.05, 4.69) is 32.4 Å². The van der Waals surface area contributed by atoms with Gasteiger partial charge >= 0.3 is 0 Å². The first-order valence-electron chi connectivity index (χ1n) is 6.29. The van der Waals surface area contributed by atoms with Crippen LogP contribution in [0.25, 0.3) is 0 Å². The Morgan fingerprint density at radius 3 is 2.95 bits per heavy atom. The van der Waals surface area contributed by atoms with Crippen LogP contribution in [0.2, 0.25) is 0 Å². The van der Waals surface area contributed by atoms with E-state index >= 15 is 0 Å². The second kappa shape index (κ2) is 6.21. The fraction of sp³-hybridized carbons (Fsp3) is 0.357. The number of hydrogen-bond acceptors (Lipinski definition) is 3. The highest BCUT2D eigenvalue weighted by Gasteiger charge is 2.10. The predicted molar refractivity (Wildman–Crippen MR) is 79.0 cm³/mol. The van der Waals surface area contributed by atoms with Crippen LogP contribution in [0.5, 0.6) is 5.75 Å². The lowest BCUT2D eigenvalue weighted by Crippen LogP contribution is -2.10. The number of aromatic nitrogens is 2. The average Bonchev–Trinajstić information content (AvgIpc) is 2.83. The molecule has 0 unspecified atom stereocenters. The zero-order chi connectivity index (χ0) is 13.8. The minimum Gasteiger partial charge on any atom is -0.485 e. The Kier molecular flexibility index (Phi) is 4.61. The number of rotatable bonds is 5. The normalized spacial score (nSPS) is 12.4. The zero-order valence-electron chi connectivity index (χ0n) is 11.1. The van der Waals surface area contributed by atoms with Crippen LogP contribution in [-0.2, 0) is 13.2 Å². The van der Waals surface area contributed by atoms with Gasteiger partial charge in [-0.1, -0.05) is 22.0 Å². The second-order valence-electron chi connectivity index (χ2n) is 4.39. The lowest BCUT2D eigenvalue weighted by Gasteiger charge is -2.14. The van der Waals surface area contributed by atoms with Crippen LogP contribution >= 0.6 is 15.9 Å². The van der Waals surface area contributed by atoms with Crippen molar-refractivity contribution in [1.29, 1.82) is 0 Å². The minimum absolute atomic E-state index is 0.0611. The molecule has 0 aliphatic carbocycles. The molecule has 0 aliphatic heterocycles. The molecular weight excluding hydrogens is 306 g/mol. The molecule has 0 spiro atoms. The third kappa shape index (κ3) is 3.36. The molecule has 19 heavy (non-hydrogen) atoms. The number of imidazole rings is 1. The van der Waals surface area contributed by atoms with Gasteiger partial charge in [0.05, 0.1) is 0 Å². The summed E-state index contributed by atoms with van der Waals surface area (Å²) in [7, 11) is 0. The quantitative estimate of drug-likeness (QED) is 0.918. The van der Waals surface area contributed by atoms with E-state index in [1.165, 1.54) is 0 Å². The molecule has 0 aliphatic rings. The van der Waals surface area contributed by atoms with Crippen molar-refractivity contribution >= 4 is 15.9 Å². The number of nitrogens with two attached hydrogens (primary N) is 1. The number of nitrogens with zero attached hydrogens (tertiary/aromatic N) is 2. The Morgan fingerprint density at radius 1 is 1.47 bits per heavy atom. The van der Waals surface area contributed by atoms with Crippen LogP contribution < -0.4 is 10.5 Å². The molecule has 0 saturated heterocycles. The highest BCUT2D eigenvalue weighted by molar-refractivity contribution is 9.10. The van der Waals surface area contributed by atoms with Crippen LogP contribution in [0, 0.1) is 0 Å². The third-order valence-electron chi connectivity index (χ3n) is 2.97. The van der Waals surface area contributed by atoms with E-state index in [0.717, 1.165) is 28.2 Å². The summed E-state index contributed by atoms with van der Waals surface area (Å²) in [4.78, 5) is 4.29. The average molecular weight is 324 g/mol.